The molecule has 5 nitrogen and oxygen atoms in total. The van der Waals surface area contributed by atoms with E-state index in [0.29, 0.717) is 0 Å². The molecule has 1 aromatic carbocycles. The number of benzene rings is 1. The van der Waals surface area contributed by atoms with Gasteiger partial charge in [-0.1, -0.05) is 49.1 Å². The van der Waals surface area contributed by atoms with Gasteiger partial charge < -0.3 is 9.64 Å². The van der Waals surface area contributed by atoms with Crippen LogP contribution in [0.3, 0.4) is 0 Å². The number of aromatic nitrogens is 3. The molecule has 0 aliphatic carbocycles. The molecule has 0 amide bonds. The van der Waals surface area contributed by atoms with E-state index in [1.165, 1.54) is 5.56 Å². The molecule has 0 spiro atoms. The second-order valence-corrected chi connectivity index (χ2v) is 14.3. The van der Waals surface area contributed by atoms with Crippen LogP contribution in [0.1, 0.15) is 5.56 Å². The number of rotatable bonds is 5. The Morgan fingerprint density at radius 1 is 1.08 bits per heavy atom. The minimum absolute atomic E-state index is 0.748. The van der Waals surface area contributed by atoms with E-state index in [0.717, 1.165) is 48.5 Å². The molecule has 0 saturated carbocycles. The van der Waals surface area contributed by atoms with Crippen molar-refractivity contribution in [3.63, 3.8) is 0 Å². The number of morpholine rings is 1. The summed E-state index contributed by atoms with van der Waals surface area (Å²) < 4.78 is 7.69. The summed E-state index contributed by atoms with van der Waals surface area (Å²) in [6, 6.07) is 8.60. The predicted molar refractivity (Wildman–Crippen MR) is 103 cm³/mol. The number of aryl methyl sites for hydroxylation is 1. The molecule has 1 saturated heterocycles. The van der Waals surface area contributed by atoms with Gasteiger partial charge in [0, 0.05) is 13.1 Å². The van der Waals surface area contributed by atoms with Crippen molar-refractivity contribution in [2.45, 2.75) is 31.7 Å². The second-order valence-electron chi connectivity index (χ2n) is 7.40. The zero-order valence-corrected chi connectivity index (χ0v) is 16.8. The molecule has 0 unspecified atom stereocenters. The zero-order chi connectivity index (χ0) is 17.2. The number of ether oxygens (including phenoxy) is 1. The first-order valence-electron chi connectivity index (χ1n) is 8.42. The highest BCUT2D eigenvalue weighted by molar-refractivity contribution is 8.00. The Morgan fingerprint density at radius 3 is 2.38 bits per heavy atom. The van der Waals surface area contributed by atoms with Crippen molar-refractivity contribution in [2.75, 3.05) is 36.6 Å². The summed E-state index contributed by atoms with van der Waals surface area (Å²) in [5.74, 6) is 0.931. The molecular formula is C17H26N4OSSi. The lowest BCUT2D eigenvalue weighted by Crippen LogP contribution is -2.37. The van der Waals surface area contributed by atoms with Crippen LogP contribution in [0.25, 0.3) is 5.69 Å². The highest BCUT2D eigenvalue weighted by Crippen LogP contribution is 2.28. The van der Waals surface area contributed by atoms with Crippen molar-refractivity contribution >= 4 is 25.8 Å². The van der Waals surface area contributed by atoms with Crippen LogP contribution in [-0.2, 0) is 4.74 Å². The average Bonchev–Trinajstić information content (AvgIpc) is 2.98. The predicted octanol–water partition coefficient (Wildman–Crippen LogP) is 3.38. The van der Waals surface area contributed by atoms with Gasteiger partial charge in [0.1, 0.15) is 0 Å². The number of hydrogen-bond acceptors (Lipinski definition) is 5. The van der Waals surface area contributed by atoms with E-state index >= 15 is 0 Å². The van der Waals surface area contributed by atoms with Crippen molar-refractivity contribution in [3.05, 3.63) is 29.8 Å². The zero-order valence-electron chi connectivity index (χ0n) is 15.0. The minimum atomic E-state index is -1.15. The van der Waals surface area contributed by atoms with Crippen LogP contribution in [0.2, 0.25) is 19.6 Å². The molecule has 3 rings (SSSR count). The molecule has 0 radical (unpaired) electrons. The normalized spacial score (nSPS) is 15.8. The molecule has 1 aliphatic heterocycles. The van der Waals surface area contributed by atoms with Crippen LogP contribution in [0.5, 0.6) is 0 Å². The standard InChI is InChI=1S/C17H26N4OSSi/c1-14-5-7-15(8-6-14)21-16(20-9-11-22-12-10-20)18-19-17(21)23-13-24(2,3)4/h5-8H,9-13H2,1-4H3. The smallest absolute Gasteiger partial charge is 0.232 e. The van der Waals surface area contributed by atoms with E-state index in [1.54, 1.807) is 0 Å². The summed E-state index contributed by atoms with van der Waals surface area (Å²) >= 11 is 1.83. The van der Waals surface area contributed by atoms with Gasteiger partial charge in [-0.3, -0.25) is 4.57 Å². The van der Waals surface area contributed by atoms with Gasteiger partial charge in [0.2, 0.25) is 5.95 Å². The van der Waals surface area contributed by atoms with Crippen LogP contribution in [0.4, 0.5) is 5.95 Å². The lowest BCUT2D eigenvalue weighted by Gasteiger charge is -2.28. The minimum Gasteiger partial charge on any atom is -0.378 e. The molecule has 0 bridgehead atoms. The molecule has 1 aliphatic rings. The third-order valence-electron chi connectivity index (χ3n) is 3.84. The number of hydrogen-bond donors (Lipinski definition) is 0. The summed E-state index contributed by atoms with van der Waals surface area (Å²) in [6.45, 7) is 12.5. The molecule has 130 valence electrons. The average molecular weight is 363 g/mol. The van der Waals surface area contributed by atoms with Crippen molar-refractivity contribution < 1.29 is 4.74 Å². The molecule has 2 aromatic rings. The van der Waals surface area contributed by atoms with Gasteiger partial charge in [-0.15, -0.1) is 10.2 Å². The molecule has 24 heavy (non-hydrogen) atoms. The summed E-state index contributed by atoms with van der Waals surface area (Å²) in [4.78, 5) is 2.27. The maximum atomic E-state index is 5.48. The second kappa shape index (κ2) is 7.29. The topological polar surface area (TPSA) is 43.2 Å². The molecule has 0 atom stereocenters. The van der Waals surface area contributed by atoms with Gasteiger partial charge in [0.15, 0.2) is 5.16 Å². The molecule has 7 heteroatoms. The first kappa shape index (κ1) is 17.5. The Kier molecular flexibility index (Phi) is 5.32. The Balaban J connectivity index is 1.96. The van der Waals surface area contributed by atoms with Crippen molar-refractivity contribution in [1.82, 2.24) is 14.8 Å². The monoisotopic (exact) mass is 362 g/mol. The fourth-order valence-corrected chi connectivity index (χ4v) is 5.19. The Morgan fingerprint density at radius 2 is 1.75 bits per heavy atom. The first-order chi connectivity index (χ1) is 11.4. The molecular weight excluding hydrogens is 336 g/mol. The van der Waals surface area contributed by atoms with E-state index in [4.69, 9.17) is 4.74 Å². The Hall–Kier alpha value is -1.31. The van der Waals surface area contributed by atoms with Crippen molar-refractivity contribution in [2.24, 2.45) is 0 Å². The summed E-state index contributed by atoms with van der Waals surface area (Å²) in [6.07, 6.45) is 0. The van der Waals surface area contributed by atoms with E-state index in [9.17, 15) is 0 Å². The highest BCUT2D eigenvalue weighted by atomic mass is 32.2. The number of anilines is 1. The van der Waals surface area contributed by atoms with Crippen LogP contribution in [-0.4, -0.2) is 54.5 Å². The van der Waals surface area contributed by atoms with Gasteiger partial charge in [-0.2, -0.15) is 0 Å². The quantitative estimate of drug-likeness (QED) is 0.602. The summed E-state index contributed by atoms with van der Waals surface area (Å²) in [5, 5.41) is 11.2. The third-order valence-corrected chi connectivity index (χ3v) is 8.40. The first-order valence-corrected chi connectivity index (χ1v) is 13.1. The van der Waals surface area contributed by atoms with Gasteiger partial charge >= 0.3 is 0 Å². The van der Waals surface area contributed by atoms with Crippen molar-refractivity contribution in [1.29, 1.82) is 0 Å². The summed E-state index contributed by atoms with van der Waals surface area (Å²) in [5.41, 5.74) is 2.39. The maximum absolute atomic E-state index is 5.48. The fraction of sp³-hybridized carbons (Fsp3) is 0.529. The van der Waals surface area contributed by atoms with E-state index < -0.39 is 8.07 Å². The van der Waals surface area contributed by atoms with E-state index in [1.807, 2.05) is 11.8 Å². The summed E-state index contributed by atoms with van der Waals surface area (Å²) in [7, 11) is -1.15. The SMILES string of the molecule is Cc1ccc(-n2c(SC[Si](C)(C)C)nnc2N2CCOCC2)cc1. The van der Waals surface area contributed by atoms with Gasteiger partial charge in [-0.25, -0.2) is 0 Å². The molecule has 1 aromatic heterocycles. The lowest BCUT2D eigenvalue weighted by atomic mass is 10.2. The molecule has 1 fully saturated rings. The van der Waals surface area contributed by atoms with Crippen molar-refractivity contribution in [3.8, 4) is 5.69 Å². The third kappa shape index (κ3) is 4.20. The van der Waals surface area contributed by atoms with Gasteiger partial charge in [0.05, 0.1) is 27.0 Å². The largest absolute Gasteiger partial charge is 0.378 e. The van der Waals surface area contributed by atoms with Crippen LogP contribution >= 0.6 is 11.8 Å². The number of thioether (sulfide) groups is 1. The van der Waals surface area contributed by atoms with Crippen LogP contribution in [0, 0.1) is 6.92 Å². The molecule has 2 heterocycles. The highest BCUT2D eigenvalue weighted by Gasteiger charge is 2.23. The van der Waals surface area contributed by atoms with Gasteiger partial charge in [-0.05, 0) is 24.4 Å². The van der Waals surface area contributed by atoms with Gasteiger partial charge in [0.25, 0.3) is 0 Å². The van der Waals surface area contributed by atoms with E-state index in [2.05, 4.69) is 70.5 Å². The Bertz CT molecular complexity index is 675. The Labute approximate surface area is 149 Å². The maximum Gasteiger partial charge on any atom is 0.232 e. The fourth-order valence-electron chi connectivity index (χ4n) is 2.52. The van der Waals surface area contributed by atoms with Crippen LogP contribution in [0.15, 0.2) is 29.4 Å². The lowest BCUT2D eigenvalue weighted by molar-refractivity contribution is 0.122. The number of nitrogens with zero attached hydrogens (tertiary/aromatic N) is 4. The van der Waals surface area contributed by atoms with E-state index in [-0.39, 0.29) is 0 Å². The van der Waals surface area contributed by atoms with Crippen LogP contribution < -0.4 is 4.90 Å². The molecule has 0 N–H and O–H groups in total.